The molecule has 11 heavy (non-hydrogen) atoms. The number of aryl methyl sites for hydroxylation is 1. The molecule has 4 heteroatoms. The van der Waals surface area contributed by atoms with Gasteiger partial charge in [0.15, 0.2) is 5.82 Å². The van der Waals surface area contributed by atoms with Crippen LogP contribution < -0.4 is 10.1 Å². The highest BCUT2D eigenvalue weighted by molar-refractivity contribution is 5.48. The second kappa shape index (κ2) is 2.45. The molecule has 2 heterocycles. The average Bonchev–Trinajstić information content (AvgIpc) is 2.46. The number of anilines is 1. The number of rotatable bonds is 1. The second-order valence-corrected chi connectivity index (χ2v) is 2.49. The number of aromatic amines is 1. The van der Waals surface area contributed by atoms with Crippen molar-refractivity contribution in [1.29, 1.82) is 0 Å². The van der Waals surface area contributed by atoms with E-state index >= 15 is 0 Å². The van der Waals surface area contributed by atoms with E-state index in [9.17, 15) is 0 Å². The van der Waals surface area contributed by atoms with Crippen LogP contribution in [0.15, 0.2) is 0 Å². The molecule has 1 aromatic heterocycles. The van der Waals surface area contributed by atoms with Crippen molar-refractivity contribution in [2.45, 2.75) is 13.3 Å². The number of imidazole rings is 1. The molecule has 0 spiro atoms. The van der Waals surface area contributed by atoms with Gasteiger partial charge >= 0.3 is 0 Å². The predicted octanol–water partition coefficient (Wildman–Crippen LogP) is 0.776. The van der Waals surface area contributed by atoms with Gasteiger partial charge in [0.1, 0.15) is 12.4 Å². The van der Waals surface area contributed by atoms with Crippen molar-refractivity contribution in [2.75, 3.05) is 18.5 Å². The van der Waals surface area contributed by atoms with Crippen molar-refractivity contribution in [3.8, 4) is 5.88 Å². The Morgan fingerprint density at radius 3 is 3.27 bits per heavy atom. The Morgan fingerprint density at radius 2 is 2.55 bits per heavy atom. The average molecular weight is 153 g/mol. The summed E-state index contributed by atoms with van der Waals surface area (Å²) in [5.74, 6) is 2.62. The third kappa shape index (κ3) is 1.04. The van der Waals surface area contributed by atoms with E-state index < -0.39 is 0 Å². The summed E-state index contributed by atoms with van der Waals surface area (Å²) in [7, 11) is 0. The minimum atomic E-state index is 0.709. The van der Waals surface area contributed by atoms with Crippen LogP contribution in [-0.2, 0) is 6.42 Å². The molecule has 60 valence electrons. The van der Waals surface area contributed by atoms with Crippen LogP contribution in [0.2, 0.25) is 0 Å². The largest absolute Gasteiger partial charge is 0.473 e. The van der Waals surface area contributed by atoms with E-state index in [1.54, 1.807) is 0 Å². The molecule has 0 unspecified atom stereocenters. The van der Waals surface area contributed by atoms with Crippen LogP contribution >= 0.6 is 0 Å². The van der Waals surface area contributed by atoms with Crippen molar-refractivity contribution in [1.82, 2.24) is 9.97 Å². The Balaban J connectivity index is 2.32. The standard InChI is InChI=1S/C7H11N3O/c1-2-5-9-6-7(10-5)11-4-3-8-6/h8H,2-4H2,1H3,(H,9,10). The smallest absolute Gasteiger partial charge is 0.257 e. The number of H-pyrrole nitrogens is 1. The summed E-state index contributed by atoms with van der Waals surface area (Å²) in [5, 5.41) is 3.17. The first kappa shape index (κ1) is 6.52. The van der Waals surface area contributed by atoms with Gasteiger partial charge < -0.3 is 15.0 Å². The van der Waals surface area contributed by atoms with E-state index in [-0.39, 0.29) is 0 Å². The molecule has 1 aliphatic rings. The summed E-state index contributed by atoms with van der Waals surface area (Å²) in [6.07, 6.45) is 0.915. The van der Waals surface area contributed by atoms with Gasteiger partial charge in [-0.3, -0.25) is 0 Å². The molecule has 1 aliphatic heterocycles. The zero-order valence-corrected chi connectivity index (χ0v) is 6.48. The Labute approximate surface area is 65.0 Å². The van der Waals surface area contributed by atoms with Gasteiger partial charge in [0.2, 0.25) is 0 Å². The molecular formula is C7H11N3O. The maximum Gasteiger partial charge on any atom is 0.257 e. The lowest BCUT2D eigenvalue weighted by Gasteiger charge is -2.12. The normalized spacial score (nSPS) is 15.0. The highest BCUT2D eigenvalue weighted by Gasteiger charge is 2.13. The molecule has 0 bridgehead atoms. The van der Waals surface area contributed by atoms with Crippen LogP contribution in [0.25, 0.3) is 0 Å². The molecule has 0 saturated carbocycles. The van der Waals surface area contributed by atoms with E-state index in [0.717, 1.165) is 24.6 Å². The number of ether oxygens (including phenoxy) is 1. The monoisotopic (exact) mass is 153 g/mol. The SMILES string of the molecule is CCc1nc2c([nH]1)NCCO2. The summed E-state index contributed by atoms with van der Waals surface area (Å²) in [6, 6.07) is 0. The molecule has 0 saturated heterocycles. The first-order chi connectivity index (χ1) is 5.40. The Morgan fingerprint density at radius 1 is 1.64 bits per heavy atom. The van der Waals surface area contributed by atoms with Crippen molar-refractivity contribution in [3.63, 3.8) is 0 Å². The van der Waals surface area contributed by atoms with Crippen LogP contribution in [0.3, 0.4) is 0 Å². The molecule has 2 N–H and O–H groups in total. The summed E-state index contributed by atoms with van der Waals surface area (Å²) in [5.41, 5.74) is 0. The summed E-state index contributed by atoms with van der Waals surface area (Å²) in [4.78, 5) is 7.37. The lowest BCUT2D eigenvalue weighted by molar-refractivity contribution is 0.311. The van der Waals surface area contributed by atoms with Gasteiger partial charge in [-0.1, -0.05) is 6.92 Å². The number of nitrogens with one attached hydrogen (secondary N) is 2. The van der Waals surface area contributed by atoms with Crippen LogP contribution in [0.5, 0.6) is 5.88 Å². The first-order valence-electron chi connectivity index (χ1n) is 3.85. The number of fused-ring (bicyclic) bond motifs is 1. The van der Waals surface area contributed by atoms with Crippen molar-refractivity contribution < 1.29 is 4.74 Å². The molecule has 4 nitrogen and oxygen atoms in total. The fourth-order valence-electron chi connectivity index (χ4n) is 1.12. The maximum absolute atomic E-state index is 5.30. The van der Waals surface area contributed by atoms with E-state index in [1.807, 2.05) is 0 Å². The number of nitrogens with zero attached hydrogens (tertiary/aromatic N) is 1. The van der Waals surface area contributed by atoms with Crippen molar-refractivity contribution in [3.05, 3.63) is 5.82 Å². The molecule has 2 rings (SSSR count). The summed E-state index contributed by atoms with van der Waals surface area (Å²) in [6.45, 7) is 3.63. The molecule has 1 aromatic rings. The van der Waals surface area contributed by atoms with Crippen molar-refractivity contribution >= 4 is 5.82 Å². The van der Waals surface area contributed by atoms with Crippen LogP contribution in [0.4, 0.5) is 5.82 Å². The Bertz CT molecular complexity index is 233. The lowest BCUT2D eigenvalue weighted by Crippen LogP contribution is -2.17. The number of hydrogen-bond acceptors (Lipinski definition) is 3. The van der Waals surface area contributed by atoms with Gasteiger partial charge in [-0.2, -0.15) is 4.98 Å². The molecule has 0 atom stereocenters. The van der Waals surface area contributed by atoms with Crippen LogP contribution in [0.1, 0.15) is 12.7 Å². The third-order valence-corrected chi connectivity index (χ3v) is 1.70. The number of aromatic nitrogens is 2. The van der Waals surface area contributed by atoms with Gasteiger partial charge in [-0.25, -0.2) is 0 Å². The van der Waals surface area contributed by atoms with Gasteiger partial charge in [-0.05, 0) is 0 Å². The predicted molar refractivity (Wildman–Crippen MR) is 42.0 cm³/mol. The van der Waals surface area contributed by atoms with Gasteiger partial charge in [0.05, 0.1) is 6.54 Å². The maximum atomic E-state index is 5.30. The highest BCUT2D eigenvalue weighted by Crippen LogP contribution is 2.23. The van der Waals surface area contributed by atoms with E-state index in [2.05, 4.69) is 22.2 Å². The van der Waals surface area contributed by atoms with Gasteiger partial charge in [0, 0.05) is 6.42 Å². The third-order valence-electron chi connectivity index (χ3n) is 1.70. The minimum Gasteiger partial charge on any atom is -0.473 e. The fraction of sp³-hybridized carbons (Fsp3) is 0.571. The van der Waals surface area contributed by atoms with E-state index in [4.69, 9.17) is 4.74 Å². The zero-order chi connectivity index (χ0) is 7.68. The number of hydrogen-bond donors (Lipinski definition) is 2. The van der Waals surface area contributed by atoms with Crippen LogP contribution in [-0.4, -0.2) is 23.1 Å². The molecule has 0 aromatic carbocycles. The highest BCUT2D eigenvalue weighted by atomic mass is 16.5. The van der Waals surface area contributed by atoms with Gasteiger partial charge in [0.25, 0.3) is 5.88 Å². The summed E-state index contributed by atoms with van der Waals surface area (Å²) >= 11 is 0. The van der Waals surface area contributed by atoms with E-state index in [0.29, 0.717) is 12.5 Å². The zero-order valence-electron chi connectivity index (χ0n) is 6.48. The fourth-order valence-corrected chi connectivity index (χ4v) is 1.12. The first-order valence-corrected chi connectivity index (χ1v) is 3.85. The molecule has 0 amide bonds. The quantitative estimate of drug-likeness (QED) is 0.626. The summed E-state index contributed by atoms with van der Waals surface area (Å²) < 4.78 is 5.30. The topological polar surface area (TPSA) is 49.9 Å². The molecule has 0 fully saturated rings. The minimum absolute atomic E-state index is 0.709. The second-order valence-electron chi connectivity index (χ2n) is 2.49. The van der Waals surface area contributed by atoms with Gasteiger partial charge in [-0.15, -0.1) is 0 Å². The molecular weight excluding hydrogens is 142 g/mol. The molecule has 0 aliphatic carbocycles. The molecule has 0 radical (unpaired) electrons. The Kier molecular flexibility index (Phi) is 1.45. The Hall–Kier alpha value is -1.19. The van der Waals surface area contributed by atoms with Crippen LogP contribution in [0, 0.1) is 0 Å². The van der Waals surface area contributed by atoms with E-state index in [1.165, 1.54) is 0 Å². The van der Waals surface area contributed by atoms with Crippen molar-refractivity contribution in [2.24, 2.45) is 0 Å². The lowest BCUT2D eigenvalue weighted by atomic mass is 10.5.